The van der Waals surface area contributed by atoms with Gasteiger partial charge in [0.2, 0.25) is 0 Å². The lowest BCUT2D eigenvalue weighted by Crippen LogP contribution is -2.56. The Bertz CT molecular complexity index is 4490. The molecule has 4 N–H and O–H groups in total. The van der Waals surface area contributed by atoms with Gasteiger partial charge in [-0.2, -0.15) is 0 Å². The average Bonchev–Trinajstić information content (AvgIpc) is 0.716. The fourth-order valence-electron chi connectivity index (χ4n) is 24.4. The zero-order valence-electron chi connectivity index (χ0n) is 56.2. The van der Waals surface area contributed by atoms with E-state index in [2.05, 4.69) is 89.8 Å². The van der Waals surface area contributed by atoms with Crippen LogP contribution in [0.2, 0.25) is 0 Å². The van der Waals surface area contributed by atoms with Crippen LogP contribution in [0, 0.1) is 35.5 Å². The monoisotopic (exact) mass is 1350 g/mol. The Morgan fingerprint density at radius 3 is 0.719 bits per heavy atom. The number of hydrogen-bond donors (Lipinski definition) is 4. The molecule has 502 valence electrons. The summed E-state index contributed by atoms with van der Waals surface area (Å²) >= 11 is 0. The molecule has 13 aliphatic rings. The van der Waals surface area contributed by atoms with Crippen LogP contribution in [-0.4, -0.2) is 83.4 Å². The third kappa shape index (κ3) is 10.4. The lowest BCUT2D eigenvalue weighted by Gasteiger charge is -2.63. The first-order valence-corrected chi connectivity index (χ1v) is 41.1. The lowest BCUT2D eigenvalue weighted by molar-refractivity contribution is -0.0283. The van der Waals surface area contributed by atoms with Crippen LogP contribution in [0.3, 0.4) is 0 Å². The highest BCUT2D eigenvalue weighted by Crippen LogP contribution is 2.70. The molecule has 20 rings (SSSR count). The third-order valence-electron chi connectivity index (χ3n) is 26.9. The van der Waals surface area contributed by atoms with Gasteiger partial charge in [0.1, 0.15) is 23.0 Å². The van der Waals surface area contributed by atoms with E-state index in [0.29, 0.717) is 67.9 Å². The van der Waals surface area contributed by atoms with Crippen molar-refractivity contribution in [2.45, 2.75) is 195 Å². The summed E-state index contributed by atoms with van der Waals surface area (Å²) in [5.41, 5.74) is 12.6. The Morgan fingerprint density at radius 2 is 0.521 bits per heavy atom. The molecule has 0 aliphatic heterocycles. The van der Waals surface area contributed by atoms with Gasteiger partial charge in [-0.25, -0.2) is 25.3 Å². The summed E-state index contributed by atoms with van der Waals surface area (Å²) in [4.78, 5) is 3.10. The molecule has 6 unspecified atom stereocenters. The van der Waals surface area contributed by atoms with Crippen molar-refractivity contribution < 1.29 is 45.7 Å². The molecule has 0 aromatic heterocycles. The topological polar surface area (TPSA) is 187 Å². The van der Waals surface area contributed by atoms with E-state index in [1.54, 1.807) is 36.4 Å². The van der Waals surface area contributed by atoms with Crippen LogP contribution >= 0.6 is 0 Å². The fourth-order valence-corrected chi connectivity index (χ4v) is 26.3. The molecule has 11 nitrogen and oxygen atoms in total. The first-order chi connectivity index (χ1) is 45.5. The molecule has 20 bridgehead atoms. The number of nitrogens with zero attached hydrogens (tertiary/aromatic N) is 1. The highest BCUT2D eigenvalue weighted by Gasteiger charge is 2.62. The molecule has 0 radical (unpaired) electrons. The zero-order chi connectivity index (χ0) is 66.6. The predicted molar refractivity (Wildman–Crippen MR) is 374 cm³/mol. The first kappa shape index (κ1) is 63.0. The second kappa shape index (κ2) is 21.5. The highest BCUT2D eigenvalue weighted by molar-refractivity contribution is 7.91. The Labute approximate surface area is 567 Å². The van der Waals surface area contributed by atoms with E-state index in [1.165, 1.54) is 52.1 Å². The predicted octanol–water partition coefficient (Wildman–Crippen LogP) is 14.8. The molecule has 0 heterocycles. The number of hydrogen-bond acceptors (Lipinski definition) is 11. The van der Waals surface area contributed by atoms with Crippen molar-refractivity contribution in [2.75, 3.05) is 32.9 Å². The minimum absolute atomic E-state index is 0.145. The van der Waals surface area contributed by atoms with Gasteiger partial charge in [-0.3, -0.25) is 0 Å². The van der Waals surface area contributed by atoms with Gasteiger partial charge in [-0.1, -0.05) is 84.9 Å². The van der Waals surface area contributed by atoms with E-state index < -0.39 is 29.5 Å². The summed E-state index contributed by atoms with van der Waals surface area (Å²) in [6, 6.07) is 40.8. The number of phenols is 4. The average molecular weight is 1350 g/mol. The van der Waals surface area contributed by atoms with Crippen LogP contribution in [0.15, 0.2) is 136 Å². The van der Waals surface area contributed by atoms with Crippen LogP contribution < -0.4 is 0 Å². The molecule has 12 atom stereocenters. The van der Waals surface area contributed by atoms with Gasteiger partial charge >= 0.3 is 0 Å². The van der Waals surface area contributed by atoms with Gasteiger partial charge in [0.25, 0.3) is 0 Å². The smallest absolute Gasteiger partial charge is 0.175 e. The van der Waals surface area contributed by atoms with Crippen LogP contribution in [-0.2, 0) is 94.2 Å². The van der Waals surface area contributed by atoms with Crippen molar-refractivity contribution in [3.8, 4) is 23.0 Å². The van der Waals surface area contributed by atoms with Crippen molar-refractivity contribution in [3.05, 3.63) is 205 Å². The van der Waals surface area contributed by atoms with E-state index in [0.717, 1.165) is 155 Å². The number of fused-ring (bicyclic) bond motifs is 8. The number of sulfone groups is 3. The van der Waals surface area contributed by atoms with Crippen molar-refractivity contribution in [1.82, 2.24) is 4.90 Å². The molecule has 7 aromatic rings. The second-order valence-electron chi connectivity index (χ2n) is 34.1. The Morgan fingerprint density at radius 1 is 0.323 bits per heavy atom. The summed E-state index contributed by atoms with van der Waals surface area (Å²) in [7, 11) is -6.10. The summed E-state index contributed by atoms with van der Waals surface area (Å²) in [6.07, 6.45) is 23.1. The zero-order valence-corrected chi connectivity index (χ0v) is 58.6. The largest absolute Gasteiger partial charge is 0.507 e. The van der Waals surface area contributed by atoms with E-state index in [1.807, 2.05) is 14.1 Å². The van der Waals surface area contributed by atoms with Crippen LogP contribution in [0.5, 0.6) is 23.0 Å². The lowest BCUT2D eigenvalue weighted by atomic mass is 9.41. The maximum Gasteiger partial charge on any atom is 0.175 e. The Balaban J connectivity index is 0.848. The van der Waals surface area contributed by atoms with Gasteiger partial charge in [0.05, 0.1) is 14.7 Å². The molecule has 96 heavy (non-hydrogen) atoms. The molecular weight excluding hydrogens is 1260 g/mol. The van der Waals surface area contributed by atoms with Crippen LogP contribution in [0.25, 0.3) is 0 Å². The molecule has 12 fully saturated rings. The molecule has 13 aliphatic carbocycles. The molecule has 0 saturated heterocycles. The fraction of sp³-hybridized carbons (Fsp3) is 0.488. The number of benzene rings is 7. The molecular formula is C82H91NO10S3. The maximum atomic E-state index is 13.5. The van der Waals surface area contributed by atoms with Crippen LogP contribution in [0.1, 0.15) is 199 Å². The quantitative estimate of drug-likeness (QED) is 0.0965. The first-order valence-electron chi connectivity index (χ1n) is 35.4. The van der Waals surface area contributed by atoms with Crippen molar-refractivity contribution in [3.63, 3.8) is 0 Å². The minimum Gasteiger partial charge on any atom is -0.507 e. The van der Waals surface area contributed by atoms with Crippen molar-refractivity contribution in [2.24, 2.45) is 35.5 Å². The van der Waals surface area contributed by atoms with Gasteiger partial charge in [-0.05, 0) is 318 Å². The number of aromatic hydroxyl groups is 4. The standard InChI is InChI=1S/C82H91NO10S3/c1-83(2)45-49-21-56-23-58-27-67(80-39-50-18-51(40-80)34-77(33-50,46-80)64-6-12-70(13-7-64)94(3,88)89)29-60(74(58)85)25-62-31-69(82-43-54-20-55(44-82)38-79(37-54,48-82)66-10-16-72(17-11-66)96(5,92)93)32-63(76(62)87)26-61-30-68(28-59(75(61)86)24-57(22-49)73(56)84)81-41-52-19-53(42-81)36-78(35-52,47-81)65-8-14-71(15-9-65)95(4,90)91/h6-17,21-22,27-32,50-55,84-87H,18-20,23-26,33-48H2,1-5H3/t50-,51+,52-,53+,54-,55+,77?,78?,79?,80?,81?,82?. The van der Waals surface area contributed by atoms with E-state index in [9.17, 15) is 45.7 Å². The Hall–Kier alpha value is -6.45. The summed E-state index contributed by atoms with van der Waals surface area (Å²) in [6.45, 7) is 0.600. The van der Waals surface area contributed by atoms with Gasteiger partial charge in [0, 0.05) is 51.0 Å². The minimum atomic E-state index is -3.40. The summed E-state index contributed by atoms with van der Waals surface area (Å²) in [5.74, 6) is 3.38. The van der Waals surface area contributed by atoms with E-state index in [4.69, 9.17) is 0 Å². The highest BCUT2D eigenvalue weighted by atomic mass is 32.2. The summed E-state index contributed by atoms with van der Waals surface area (Å²) < 4.78 is 76.8. The van der Waals surface area contributed by atoms with E-state index in [-0.39, 0.29) is 81.2 Å². The molecule has 14 heteroatoms. The second-order valence-corrected chi connectivity index (χ2v) is 40.1. The van der Waals surface area contributed by atoms with Gasteiger partial charge in [0.15, 0.2) is 29.5 Å². The molecule has 0 amide bonds. The number of rotatable bonds is 11. The Kier molecular flexibility index (Phi) is 14.1. The van der Waals surface area contributed by atoms with E-state index >= 15 is 0 Å². The third-order valence-corrected chi connectivity index (χ3v) is 30.2. The van der Waals surface area contributed by atoms with Gasteiger partial charge in [-0.15, -0.1) is 0 Å². The number of phenolic OH excluding ortho intramolecular Hbond substituents is 4. The van der Waals surface area contributed by atoms with Crippen molar-refractivity contribution in [1.29, 1.82) is 0 Å². The maximum absolute atomic E-state index is 13.5. The van der Waals surface area contributed by atoms with Crippen LogP contribution in [0.4, 0.5) is 0 Å². The molecule has 0 spiro atoms. The van der Waals surface area contributed by atoms with Crippen molar-refractivity contribution >= 4 is 29.5 Å². The molecule has 7 aromatic carbocycles. The molecule has 12 saturated carbocycles. The van der Waals surface area contributed by atoms with Gasteiger partial charge < -0.3 is 25.3 Å². The SMILES string of the molecule is CN(C)Cc1cc2c(O)c(c1)Cc1cc(C34C[C@@H]5C[C@@H](CC(c6ccc(S(C)(=O)=O)cc6)(C5)C3)C4)cc(c1O)Cc1cc(C34C[C@@H]5C[C@@H](CC(c6ccc(S(C)(=O)=O)cc6)(C5)C3)C4)cc(c1O)Cc1cc(C34C[C@@H]5C[C@@H](CC(c6ccc(S(C)(=O)=O)cc6)(C5)C3)C4)cc(c1O)C2. The summed E-state index contributed by atoms with van der Waals surface area (Å²) in [5, 5.41) is 53.1. The normalized spacial score (nSPS) is 32.3.